The zero-order valence-corrected chi connectivity index (χ0v) is 25.7. The molecule has 214 valence electrons. The van der Waals surface area contributed by atoms with Crippen LogP contribution in [0.4, 0.5) is 5.69 Å². The molecule has 2 amide bonds. The number of hydrogen-bond donors (Lipinski definition) is 1. The maximum absolute atomic E-state index is 13.9. The van der Waals surface area contributed by atoms with E-state index in [0.717, 1.165) is 26.3 Å². The summed E-state index contributed by atoms with van der Waals surface area (Å²) in [7, 11) is -4.13. The summed E-state index contributed by atoms with van der Waals surface area (Å²) in [5.41, 5.74) is 2.02. The van der Waals surface area contributed by atoms with Crippen molar-refractivity contribution in [2.45, 2.75) is 51.6 Å². The number of aryl methyl sites for hydroxylation is 1. The highest BCUT2D eigenvalue weighted by atomic mass is 79.9. The van der Waals surface area contributed by atoms with Gasteiger partial charge in [-0.05, 0) is 81.3 Å². The fourth-order valence-electron chi connectivity index (χ4n) is 4.05. The molecule has 40 heavy (non-hydrogen) atoms. The first-order valence-corrected chi connectivity index (χ1v) is 15.4. The van der Waals surface area contributed by atoms with Crippen LogP contribution in [0.25, 0.3) is 0 Å². The van der Waals surface area contributed by atoms with Crippen LogP contribution in [-0.2, 0) is 26.2 Å². The maximum Gasteiger partial charge on any atom is 0.264 e. The SMILES string of the molecule is CCCNC(=O)C(C)N(Cc1cccc(Br)c1)C(=O)CN(c1ccc(OCC)cc1)S(=O)(=O)c1ccc(C)cc1. The molecule has 3 rings (SSSR count). The van der Waals surface area contributed by atoms with Crippen molar-refractivity contribution in [2.75, 3.05) is 24.0 Å². The van der Waals surface area contributed by atoms with Crippen molar-refractivity contribution in [1.82, 2.24) is 10.2 Å². The molecule has 0 radical (unpaired) electrons. The van der Waals surface area contributed by atoms with Crippen molar-refractivity contribution in [3.8, 4) is 5.75 Å². The van der Waals surface area contributed by atoms with Gasteiger partial charge in [-0.3, -0.25) is 13.9 Å². The van der Waals surface area contributed by atoms with Crippen LogP contribution in [0, 0.1) is 6.92 Å². The molecule has 8 nitrogen and oxygen atoms in total. The summed E-state index contributed by atoms with van der Waals surface area (Å²) in [6.45, 7) is 7.89. The van der Waals surface area contributed by atoms with Gasteiger partial charge in [0.1, 0.15) is 18.3 Å². The quantitative estimate of drug-likeness (QED) is 0.277. The molecule has 3 aromatic rings. The third kappa shape index (κ3) is 8.08. The van der Waals surface area contributed by atoms with E-state index in [1.54, 1.807) is 43.3 Å². The van der Waals surface area contributed by atoms with Crippen LogP contribution in [0.5, 0.6) is 5.75 Å². The molecular formula is C30H36BrN3O5S. The lowest BCUT2D eigenvalue weighted by Crippen LogP contribution is -2.51. The number of nitrogens with zero attached hydrogens (tertiary/aromatic N) is 2. The lowest BCUT2D eigenvalue weighted by molar-refractivity contribution is -0.139. The second-order valence-electron chi connectivity index (χ2n) is 9.37. The average Bonchev–Trinajstić information content (AvgIpc) is 2.93. The third-order valence-corrected chi connectivity index (χ3v) is 8.56. The van der Waals surface area contributed by atoms with E-state index in [9.17, 15) is 18.0 Å². The Morgan fingerprint density at radius 2 is 1.68 bits per heavy atom. The van der Waals surface area contributed by atoms with E-state index in [0.29, 0.717) is 24.6 Å². The van der Waals surface area contributed by atoms with Crippen molar-refractivity contribution in [1.29, 1.82) is 0 Å². The number of ether oxygens (including phenoxy) is 1. The molecular weight excluding hydrogens is 594 g/mol. The fourth-order valence-corrected chi connectivity index (χ4v) is 5.91. The summed E-state index contributed by atoms with van der Waals surface area (Å²) in [6, 6.07) is 19.6. The van der Waals surface area contributed by atoms with E-state index in [1.165, 1.54) is 17.0 Å². The number of carbonyl (C=O) groups excluding carboxylic acids is 2. The molecule has 0 bridgehead atoms. The van der Waals surface area contributed by atoms with Gasteiger partial charge in [-0.25, -0.2) is 8.42 Å². The molecule has 0 aliphatic heterocycles. The summed E-state index contributed by atoms with van der Waals surface area (Å²) >= 11 is 3.45. The van der Waals surface area contributed by atoms with Gasteiger partial charge in [-0.15, -0.1) is 0 Å². The van der Waals surface area contributed by atoms with E-state index in [2.05, 4.69) is 21.2 Å². The lowest BCUT2D eigenvalue weighted by Gasteiger charge is -2.32. The Kier molecular flexibility index (Phi) is 11.2. The number of benzene rings is 3. The number of halogens is 1. The molecule has 0 spiro atoms. The van der Waals surface area contributed by atoms with E-state index in [4.69, 9.17) is 4.74 Å². The topological polar surface area (TPSA) is 96.0 Å². The number of carbonyl (C=O) groups is 2. The first-order valence-electron chi connectivity index (χ1n) is 13.2. The smallest absolute Gasteiger partial charge is 0.264 e. The molecule has 0 saturated heterocycles. The van der Waals surface area contributed by atoms with E-state index < -0.39 is 28.5 Å². The second kappa shape index (κ2) is 14.3. The molecule has 0 aliphatic rings. The summed E-state index contributed by atoms with van der Waals surface area (Å²) < 4.78 is 35.2. The molecule has 0 fully saturated rings. The van der Waals surface area contributed by atoms with Crippen molar-refractivity contribution in [3.05, 3.63) is 88.4 Å². The maximum atomic E-state index is 13.9. The zero-order chi connectivity index (χ0) is 29.3. The van der Waals surface area contributed by atoms with Crippen molar-refractivity contribution >= 4 is 43.5 Å². The van der Waals surface area contributed by atoms with Crippen LogP contribution in [0.3, 0.4) is 0 Å². The van der Waals surface area contributed by atoms with Gasteiger partial charge < -0.3 is 15.0 Å². The molecule has 10 heteroatoms. The number of sulfonamides is 1. The third-order valence-electron chi connectivity index (χ3n) is 6.28. The minimum Gasteiger partial charge on any atom is -0.494 e. The minimum atomic E-state index is -4.13. The van der Waals surface area contributed by atoms with Crippen LogP contribution < -0.4 is 14.4 Å². The van der Waals surface area contributed by atoms with Crippen LogP contribution in [-0.4, -0.2) is 50.9 Å². The van der Waals surface area contributed by atoms with Crippen LogP contribution in [0.1, 0.15) is 38.3 Å². The number of anilines is 1. The average molecular weight is 631 g/mol. The normalized spacial score (nSPS) is 11.9. The molecule has 1 unspecified atom stereocenters. The van der Waals surface area contributed by atoms with E-state index >= 15 is 0 Å². The zero-order valence-electron chi connectivity index (χ0n) is 23.3. The Morgan fingerprint density at radius 1 is 1.00 bits per heavy atom. The Morgan fingerprint density at radius 3 is 2.27 bits per heavy atom. The first-order chi connectivity index (χ1) is 19.1. The molecule has 0 heterocycles. The Hall–Kier alpha value is -3.37. The number of hydrogen-bond acceptors (Lipinski definition) is 5. The summed E-state index contributed by atoms with van der Waals surface area (Å²) in [5.74, 6) is -0.231. The molecule has 3 aromatic carbocycles. The van der Waals surface area contributed by atoms with Gasteiger partial charge in [0.05, 0.1) is 17.2 Å². The monoisotopic (exact) mass is 629 g/mol. The Balaban J connectivity index is 2.02. The largest absolute Gasteiger partial charge is 0.494 e. The minimum absolute atomic E-state index is 0.0621. The molecule has 0 aliphatic carbocycles. The van der Waals surface area contributed by atoms with Gasteiger partial charge in [-0.1, -0.05) is 52.7 Å². The van der Waals surface area contributed by atoms with Crippen LogP contribution in [0.2, 0.25) is 0 Å². The summed E-state index contributed by atoms with van der Waals surface area (Å²) in [6.07, 6.45) is 0.748. The standard InChI is InChI=1S/C30H36BrN3O5S/c1-5-18-32-30(36)23(4)33(20-24-8-7-9-25(31)19-24)29(35)21-34(26-12-14-27(15-13-26)39-6-2)40(37,38)28-16-10-22(3)11-17-28/h7-17,19,23H,5-6,18,20-21H2,1-4H3,(H,32,36). The Labute approximate surface area is 245 Å². The van der Waals surface area contributed by atoms with Crippen LogP contribution >= 0.6 is 15.9 Å². The van der Waals surface area contributed by atoms with Crippen molar-refractivity contribution in [3.63, 3.8) is 0 Å². The number of amides is 2. The van der Waals surface area contributed by atoms with Gasteiger partial charge in [0.15, 0.2) is 0 Å². The molecule has 1 N–H and O–H groups in total. The fraction of sp³-hybridized carbons (Fsp3) is 0.333. The van der Waals surface area contributed by atoms with Gasteiger partial charge >= 0.3 is 0 Å². The van der Waals surface area contributed by atoms with E-state index in [-0.39, 0.29) is 17.3 Å². The first kappa shape index (κ1) is 31.2. The molecule has 0 saturated carbocycles. The van der Waals surface area contributed by atoms with Gasteiger partial charge in [0.2, 0.25) is 11.8 Å². The highest BCUT2D eigenvalue weighted by Gasteiger charge is 2.32. The van der Waals surface area contributed by atoms with Gasteiger partial charge in [0.25, 0.3) is 10.0 Å². The highest BCUT2D eigenvalue weighted by molar-refractivity contribution is 9.10. The summed E-state index contributed by atoms with van der Waals surface area (Å²) in [4.78, 5) is 28.4. The molecule has 0 aromatic heterocycles. The van der Waals surface area contributed by atoms with Crippen molar-refractivity contribution in [2.24, 2.45) is 0 Å². The van der Waals surface area contributed by atoms with Crippen molar-refractivity contribution < 1.29 is 22.7 Å². The number of nitrogens with one attached hydrogen (secondary N) is 1. The number of rotatable bonds is 13. The van der Waals surface area contributed by atoms with Crippen LogP contribution in [0.15, 0.2) is 82.2 Å². The lowest BCUT2D eigenvalue weighted by atomic mass is 10.1. The predicted octanol–water partition coefficient (Wildman–Crippen LogP) is 5.30. The highest BCUT2D eigenvalue weighted by Crippen LogP contribution is 2.27. The Bertz CT molecular complexity index is 1400. The summed E-state index contributed by atoms with van der Waals surface area (Å²) in [5, 5.41) is 2.84. The van der Waals surface area contributed by atoms with Gasteiger partial charge in [0, 0.05) is 17.6 Å². The second-order valence-corrected chi connectivity index (χ2v) is 12.1. The van der Waals surface area contributed by atoms with Gasteiger partial charge in [-0.2, -0.15) is 0 Å². The predicted molar refractivity (Wildman–Crippen MR) is 161 cm³/mol. The molecule has 1 atom stereocenters. The van der Waals surface area contributed by atoms with E-state index in [1.807, 2.05) is 45.0 Å².